The van der Waals surface area contributed by atoms with Crippen LogP contribution in [0.3, 0.4) is 0 Å². The van der Waals surface area contributed by atoms with Crippen LogP contribution in [0, 0.1) is 13.8 Å². The summed E-state index contributed by atoms with van der Waals surface area (Å²) in [5.41, 5.74) is 7.40. The van der Waals surface area contributed by atoms with E-state index in [9.17, 15) is 0 Å². The van der Waals surface area contributed by atoms with Gasteiger partial charge in [0.15, 0.2) is 6.29 Å². The molecule has 1 saturated heterocycles. The van der Waals surface area contributed by atoms with Crippen molar-refractivity contribution in [1.82, 2.24) is 0 Å². The quantitative estimate of drug-likeness (QED) is 0.446. The molecule has 3 aromatic rings. The fraction of sp³-hybridized carbons (Fsp3) is 0.333. The van der Waals surface area contributed by atoms with E-state index in [4.69, 9.17) is 14.2 Å². The summed E-state index contributed by atoms with van der Waals surface area (Å²) < 4.78 is 17.7. The minimum Gasteiger partial charge on any atom is -0.489 e. The molecule has 1 unspecified atom stereocenters. The fourth-order valence-electron chi connectivity index (χ4n) is 3.97. The number of benzene rings is 3. The molecule has 1 heterocycles. The Morgan fingerprint density at radius 1 is 0.867 bits per heavy atom. The molecule has 4 rings (SSSR count). The molecule has 3 nitrogen and oxygen atoms in total. The van der Waals surface area contributed by atoms with Gasteiger partial charge >= 0.3 is 0 Å². The van der Waals surface area contributed by atoms with Gasteiger partial charge in [-0.2, -0.15) is 0 Å². The van der Waals surface area contributed by atoms with E-state index in [2.05, 4.69) is 62.4 Å². The molecular formula is C27H30O3. The van der Waals surface area contributed by atoms with Crippen molar-refractivity contribution >= 4 is 0 Å². The zero-order valence-electron chi connectivity index (χ0n) is 17.9. The van der Waals surface area contributed by atoms with Gasteiger partial charge in [0, 0.05) is 6.61 Å². The summed E-state index contributed by atoms with van der Waals surface area (Å²) in [7, 11) is 0. The number of rotatable bonds is 7. The first-order valence-electron chi connectivity index (χ1n) is 10.8. The van der Waals surface area contributed by atoms with Crippen LogP contribution in [0.1, 0.15) is 41.5 Å². The van der Waals surface area contributed by atoms with Crippen molar-refractivity contribution in [2.45, 2.75) is 52.6 Å². The van der Waals surface area contributed by atoms with Gasteiger partial charge < -0.3 is 14.2 Å². The molecule has 0 bridgehead atoms. The maximum absolute atomic E-state index is 6.03. The Balaban J connectivity index is 1.45. The lowest BCUT2D eigenvalue weighted by molar-refractivity contribution is -0.169. The zero-order chi connectivity index (χ0) is 20.8. The third-order valence-electron chi connectivity index (χ3n) is 5.74. The van der Waals surface area contributed by atoms with E-state index in [0.717, 1.165) is 25.2 Å². The molecule has 1 aliphatic rings. The van der Waals surface area contributed by atoms with Crippen LogP contribution in [0.5, 0.6) is 5.75 Å². The van der Waals surface area contributed by atoms with Crippen LogP contribution in [0.15, 0.2) is 66.7 Å². The smallest absolute Gasteiger partial charge is 0.158 e. The van der Waals surface area contributed by atoms with Gasteiger partial charge in [-0.3, -0.25) is 0 Å². The Hall–Kier alpha value is -2.62. The van der Waals surface area contributed by atoms with Gasteiger partial charge in [0.2, 0.25) is 0 Å². The van der Waals surface area contributed by atoms with Gasteiger partial charge in [-0.05, 0) is 78.6 Å². The summed E-state index contributed by atoms with van der Waals surface area (Å²) in [5.74, 6) is 0.881. The molecule has 156 valence electrons. The van der Waals surface area contributed by atoms with Crippen LogP contribution in [-0.2, 0) is 22.7 Å². The van der Waals surface area contributed by atoms with E-state index in [1.54, 1.807) is 0 Å². The van der Waals surface area contributed by atoms with Crippen LogP contribution in [0.25, 0.3) is 11.1 Å². The average molecular weight is 403 g/mol. The molecule has 0 amide bonds. The Labute approximate surface area is 179 Å². The summed E-state index contributed by atoms with van der Waals surface area (Å²) in [5, 5.41) is 0. The van der Waals surface area contributed by atoms with Crippen molar-refractivity contribution in [3.05, 3.63) is 89.0 Å². The zero-order valence-corrected chi connectivity index (χ0v) is 17.9. The Morgan fingerprint density at radius 2 is 1.67 bits per heavy atom. The van der Waals surface area contributed by atoms with Gasteiger partial charge in [-0.25, -0.2) is 0 Å². The third-order valence-corrected chi connectivity index (χ3v) is 5.74. The minimum atomic E-state index is -0.0658. The molecule has 0 aromatic heterocycles. The highest BCUT2D eigenvalue weighted by Crippen LogP contribution is 2.31. The topological polar surface area (TPSA) is 27.7 Å². The lowest BCUT2D eigenvalue weighted by Gasteiger charge is -2.23. The molecule has 0 aliphatic carbocycles. The molecule has 1 aliphatic heterocycles. The predicted octanol–water partition coefficient (Wildman–Crippen LogP) is 6.59. The second-order valence-electron chi connectivity index (χ2n) is 7.95. The maximum atomic E-state index is 6.03. The first-order chi connectivity index (χ1) is 14.7. The first-order valence-corrected chi connectivity index (χ1v) is 10.8. The van der Waals surface area contributed by atoms with Gasteiger partial charge in [0.25, 0.3) is 0 Å². The highest BCUT2D eigenvalue weighted by molar-refractivity contribution is 5.72. The van der Waals surface area contributed by atoms with Crippen LogP contribution in [-0.4, -0.2) is 12.9 Å². The second kappa shape index (κ2) is 9.92. The minimum absolute atomic E-state index is 0.0658. The lowest BCUT2D eigenvalue weighted by Crippen LogP contribution is -2.22. The largest absolute Gasteiger partial charge is 0.489 e. The monoisotopic (exact) mass is 402 g/mol. The predicted molar refractivity (Wildman–Crippen MR) is 121 cm³/mol. The van der Waals surface area contributed by atoms with Gasteiger partial charge in [0.05, 0.1) is 6.61 Å². The molecule has 0 spiro atoms. The molecule has 3 aromatic carbocycles. The second-order valence-corrected chi connectivity index (χ2v) is 7.95. The standard InChI is InChI=1S/C27H30O3/c1-20-11-12-24(19-30-26-10-6-7-17-28-26)21(2)27(20)23-13-15-25(16-14-23)29-18-22-8-4-3-5-9-22/h3-5,8-9,11-16,26H,6-7,10,17-19H2,1-2H3. The fourth-order valence-corrected chi connectivity index (χ4v) is 3.97. The Kier molecular flexibility index (Phi) is 6.83. The molecule has 0 N–H and O–H groups in total. The molecule has 0 saturated carbocycles. The van der Waals surface area contributed by atoms with E-state index >= 15 is 0 Å². The summed E-state index contributed by atoms with van der Waals surface area (Å²) >= 11 is 0. The van der Waals surface area contributed by atoms with Crippen LogP contribution >= 0.6 is 0 Å². The Bertz CT molecular complexity index is 942. The van der Waals surface area contributed by atoms with Gasteiger partial charge in [-0.15, -0.1) is 0 Å². The van der Waals surface area contributed by atoms with E-state index in [1.807, 2.05) is 18.2 Å². The average Bonchev–Trinajstić information content (AvgIpc) is 2.79. The molecule has 3 heteroatoms. The van der Waals surface area contributed by atoms with Crippen LogP contribution in [0.2, 0.25) is 0 Å². The van der Waals surface area contributed by atoms with Gasteiger partial charge in [-0.1, -0.05) is 54.6 Å². The number of hydrogen-bond acceptors (Lipinski definition) is 3. The summed E-state index contributed by atoms with van der Waals surface area (Å²) in [6.45, 7) is 6.32. The molecular weight excluding hydrogens is 372 g/mol. The third kappa shape index (κ3) is 5.10. The Morgan fingerprint density at radius 3 is 2.40 bits per heavy atom. The highest BCUT2D eigenvalue weighted by Gasteiger charge is 2.16. The maximum Gasteiger partial charge on any atom is 0.158 e. The highest BCUT2D eigenvalue weighted by atomic mass is 16.7. The van der Waals surface area contributed by atoms with E-state index < -0.39 is 0 Å². The van der Waals surface area contributed by atoms with Gasteiger partial charge in [0.1, 0.15) is 12.4 Å². The summed E-state index contributed by atoms with van der Waals surface area (Å²) in [4.78, 5) is 0. The van der Waals surface area contributed by atoms with E-state index in [0.29, 0.717) is 13.2 Å². The summed E-state index contributed by atoms with van der Waals surface area (Å²) in [6, 6.07) is 23.0. The molecule has 1 atom stereocenters. The molecule has 0 radical (unpaired) electrons. The van der Waals surface area contributed by atoms with Crippen molar-refractivity contribution in [2.75, 3.05) is 6.61 Å². The van der Waals surface area contributed by atoms with Crippen molar-refractivity contribution in [2.24, 2.45) is 0 Å². The van der Waals surface area contributed by atoms with Crippen molar-refractivity contribution in [3.63, 3.8) is 0 Å². The van der Waals surface area contributed by atoms with E-state index in [1.165, 1.54) is 39.8 Å². The van der Waals surface area contributed by atoms with Crippen LogP contribution < -0.4 is 4.74 Å². The number of ether oxygens (including phenoxy) is 3. The normalized spacial score (nSPS) is 16.4. The lowest BCUT2D eigenvalue weighted by atomic mass is 9.92. The molecule has 30 heavy (non-hydrogen) atoms. The SMILES string of the molecule is Cc1ccc(COC2CCCCO2)c(C)c1-c1ccc(OCc2ccccc2)cc1. The molecule has 1 fully saturated rings. The van der Waals surface area contributed by atoms with Crippen molar-refractivity contribution in [1.29, 1.82) is 0 Å². The van der Waals surface area contributed by atoms with Crippen LogP contribution in [0.4, 0.5) is 0 Å². The van der Waals surface area contributed by atoms with Crippen molar-refractivity contribution in [3.8, 4) is 16.9 Å². The number of hydrogen-bond donors (Lipinski definition) is 0. The summed E-state index contributed by atoms with van der Waals surface area (Å²) in [6.07, 6.45) is 3.24. The number of aryl methyl sites for hydroxylation is 1. The van der Waals surface area contributed by atoms with E-state index in [-0.39, 0.29) is 6.29 Å². The first kappa shape index (κ1) is 20.6. The van der Waals surface area contributed by atoms with Crippen molar-refractivity contribution < 1.29 is 14.2 Å².